The number of carbonyl (C=O) groups excluding carboxylic acids is 8. The van der Waals surface area contributed by atoms with E-state index >= 15 is 0 Å². The van der Waals surface area contributed by atoms with Crippen molar-refractivity contribution in [3.05, 3.63) is 169 Å². The number of ether oxygens (including phenoxy) is 7. The first kappa shape index (κ1) is 98.8. The quantitative estimate of drug-likeness (QED) is 0.00592. The molecule has 0 bridgehead atoms. The number of halogens is 1. The molecule has 37 heteroatoms. The second-order valence-corrected chi connectivity index (χ2v) is 40.7. The van der Waals surface area contributed by atoms with Crippen LogP contribution in [0.4, 0.5) is 32.9 Å². The second-order valence-electron chi connectivity index (χ2n) is 34.7. The highest BCUT2D eigenvalue weighted by atomic mass is 35.5. The van der Waals surface area contributed by atoms with Gasteiger partial charge in [-0.3, -0.25) is 9.59 Å². The number of H-pyrrole nitrogens is 3. The number of likely N-dealkylation sites (tertiary alicyclic amines) is 3. The summed E-state index contributed by atoms with van der Waals surface area (Å²) in [5, 5.41) is 19.1. The Morgan fingerprint density at radius 3 is 1.19 bits per heavy atom. The van der Waals surface area contributed by atoms with Crippen LogP contribution in [0.1, 0.15) is 187 Å². The maximum Gasteiger partial charge on any atom is 0.410 e. The van der Waals surface area contributed by atoms with Crippen LogP contribution in [0.25, 0.3) is 44.1 Å². The van der Waals surface area contributed by atoms with Gasteiger partial charge in [0, 0.05) is 114 Å². The molecule has 4 saturated heterocycles. The van der Waals surface area contributed by atoms with Gasteiger partial charge < -0.3 is 94.0 Å². The Bertz CT molecular complexity index is 5440. The minimum Gasteiger partial charge on any atom is -0.459 e. The summed E-state index contributed by atoms with van der Waals surface area (Å²) in [5.74, 6) is 0.567. The SMILES string of the molecule is C=CC(=O)Cl.C=CC(=O)N1C[C@H](Nc2ncnc3[nH]cc(C(=O)OC(C)C)c23)CC[C@@H]1C.CC(C)OC(=O)c1c[nH]c2ncnc(N[C@@H]3CC[C@H](C)N(C(=O)OCc4ccccc4)C3)c12.CC(C)OC(=O)c1c[nH]c2ncnc(N[C@@H]3CC[C@H](C)NC3)c12.CC(C)OC(=O)c1cn(COCC[Si](C)(C)C)c2ncnc(N[C@@H]3CC[C@H](C)N(C(=O)OCc4ccccc4)C3)c12. The van der Waals surface area contributed by atoms with E-state index in [4.69, 9.17) is 44.8 Å². The van der Waals surface area contributed by atoms with E-state index in [1.807, 2.05) is 114 Å². The smallest absolute Gasteiger partial charge is 0.410 e. The molecule has 35 nitrogen and oxygen atoms in total. The Balaban J connectivity index is 0.000000179. The number of fused-ring (bicyclic) bond motifs is 4. The molecule has 692 valence electrons. The maximum absolute atomic E-state index is 13.1. The highest BCUT2D eigenvalue weighted by Crippen LogP contribution is 2.34. The normalized spacial score (nSPS) is 18.6. The summed E-state index contributed by atoms with van der Waals surface area (Å²) in [5.41, 5.74) is 5.85. The monoisotopic (exact) mass is 1810 g/mol. The summed E-state index contributed by atoms with van der Waals surface area (Å²) in [6, 6.07) is 21.3. The number of anilines is 4. The third kappa shape index (κ3) is 28.3. The third-order valence-corrected chi connectivity index (χ3v) is 23.6. The molecule has 0 unspecified atom stereocenters. The molecule has 0 spiro atoms. The lowest BCUT2D eigenvalue weighted by Crippen LogP contribution is -2.49. The first-order chi connectivity index (χ1) is 61.6. The van der Waals surface area contributed by atoms with Crippen molar-refractivity contribution >= 4 is 134 Å². The average molecular weight is 1810 g/mol. The van der Waals surface area contributed by atoms with Gasteiger partial charge in [-0.15, -0.1) is 0 Å². The summed E-state index contributed by atoms with van der Waals surface area (Å²) in [7, 11) is -1.24. The number of allylic oxidation sites excluding steroid dienone is 1. The van der Waals surface area contributed by atoms with E-state index in [1.165, 1.54) is 31.4 Å². The molecule has 0 aliphatic carbocycles. The zero-order chi connectivity index (χ0) is 93.2. The molecule has 10 aromatic rings. The van der Waals surface area contributed by atoms with Crippen LogP contribution in [0.2, 0.25) is 25.7 Å². The summed E-state index contributed by atoms with van der Waals surface area (Å²) < 4.78 is 40.5. The number of esters is 4. The molecule has 4 aliphatic heterocycles. The number of rotatable bonds is 27. The maximum atomic E-state index is 13.1. The van der Waals surface area contributed by atoms with Crippen molar-refractivity contribution in [2.75, 3.05) is 54.1 Å². The van der Waals surface area contributed by atoms with E-state index in [-0.39, 0.29) is 111 Å². The molecule has 3 amide bonds. The second kappa shape index (κ2) is 47.1. The average Bonchev–Trinajstić information content (AvgIpc) is 1.62. The Morgan fingerprint density at radius 2 is 0.829 bits per heavy atom. The molecule has 8 N–H and O–H groups in total. The molecule has 2 aromatic carbocycles. The molecule has 0 radical (unpaired) electrons. The Labute approximate surface area is 757 Å². The summed E-state index contributed by atoms with van der Waals surface area (Å²) in [6.07, 6.45) is 20.5. The molecular formula is C92H123ClN20O15Si. The van der Waals surface area contributed by atoms with Gasteiger partial charge in [0.05, 0.1) is 68.2 Å². The van der Waals surface area contributed by atoms with E-state index in [0.717, 1.165) is 81.2 Å². The summed E-state index contributed by atoms with van der Waals surface area (Å²) >= 11 is 4.71. The largest absolute Gasteiger partial charge is 0.459 e. The van der Waals surface area contributed by atoms with Crippen LogP contribution in [0.3, 0.4) is 0 Å². The third-order valence-electron chi connectivity index (χ3n) is 21.7. The molecule has 8 atom stereocenters. The number of benzene rings is 2. The highest BCUT2D eigenvalue weighted by Gasteiger charge is 2.36. The van der Waals surface area contributed by atoms with Crippen molar-refractivity contribution in [1.29, 1.82) is 0 Å². The van der Waals surface area contributed by atoms with Crippen LogP contribution in [0.5, 0.6) is 0 Å². The minimum absolute atomic E-state index is 0.0204. The van der Waals surface area contributed by atoms with E-state index < -0.39 is 31.2 Å². The summed E-state index contributed by atoms with van der Waals surface area (Å²) in [4.78, 5) is 147. The topological polar surface area (TPSA) is 426 Å². The Kier molecular flexibility index (Phi) is 36.0. The van der Waals surface area contributed by atoms with Crippen molar-refractivity contribution < 1.29 is 71.5 Å². The fraction of sp³-hybridized carbons (Fsp3) is 0.478. The van der Waals surface area contributed by atoms with Crippen molar-refractivity contribution in [2.24, 2.45) is 0 Å². The number of carbonyl (C=O) groups is 8. The van der Waals surface area contributed by atoms with Gasteiger partial charge in [0.15, 0.2) is 0 Å². The molecule has 4 aliphatic rings. The van der Waals surface area contributed by atoms with E-state index in [1.54, 1.807) is 67.2 Å². The van der Waals surface area contributed by atoms with Gasteiger partial charge in [-0.2, -0.15) is 0 Å². The van der Waals surface area contributed by atoms with Crippen molar-refractivity contribution in [3.8, 4) is 0 Å². The Morgan fingerprint density at radius 1 is 0.473 bits per heavy atom. The zero-order valence-electron chi connectivity index (χ0n) is 76.3. The lowest BCUT2D eigenvalue weighted by molar-refractivity contribution is -0.129. The van der Waals surface area contributed by atoms with Crippen molar-refractivity contribution in [1.82, 2.24) is 79.4 Å². The number of piperidine rings is 4. The number of aromatic amines is 3. The number of hydrogen-bond donors (Lipinski definition) is 8. The number of aromatic nitrogens is 12. The van der Waals surface area contributed by atoms with Crippen LogP contribution < -0.4 is 26.6 Å². The molecule has 12 heterocycles. The highest BCUT2D eigenvalue weighted by molar-refractivity contribution is 6.76. The lowest BCUT2D eigenvalue weighted by atomic mass is 9.99. The number of amides is 3. The van der Waals surface area contributed by atoms with Crippen LogP contribution in [-0.4, -0.2) is 235 Å². The lowest BCUT2D eigenvalue weighted by Gasteiger charge is -2.38. The van der Waals surface area contributed by atoms with Gasteiger partial charge in [-0.1, -0.05) is 93.5 Å². The van der Waals surface area contributed by atoms with Crippen LogP contribution >= 0.6 is 11.6 Å². The van der Waals surface area contributed by atoms with Crippen molar-refractivity contribution in [3.63, 3.8) is 0 Å². The molecular weight excluding hydrogens is 1690 g/mol. The van der Waals surface area contributed by atoms with Crippen LogP contribution in [0.15, 0.2) is 136 Å². The predicted molar refractivity (Wildman–Crippen MR) is 498 cm³/mol. The number of nitrogens with zero attached hydrogens (tertiary/aromatic N) is 12. The fourth-order valence-electron chi connectivity index (χ4n) is 14.9. The van der Waals surface area contributed by atoms with Gasteiger partial charge in [-0.05, 0) is 175 Å². The molecule has 14 rings (SSSR count). The van der Waals surface area contributed by atoms with E-state index in [0.29, 0.717) is 122 Å². The van der Waals surface area contributed by atoms with Gasteiger partial charge in [0.1, 0.15) is 91.1 Å². The van der Waals surface area contributed by atoms with E-state index in [2.05, 4.69) is 121 Å². The standard InChI is InChI=1S/C30H43N5O5Si.C24H29N5O4.C19H25N5O3.C16H23N5O2.C3H3ClO/c1-21(2)40-29(36)25-17-34(20-38-14-15-41(4,5)6)28-26(25)27(31-19-32-28)33-24-13-12-22(3)35(16-24)30(37)39-18-23-10-8-7-9-11-23;1-15(2)33-23(30)19-11-25-21-20(19)22(27-14-26-21)28-18-10-9-16(3)29(12-18)24(31)32-13-17-7-5-4-6-8-17;1-5-15(25)24-9-13(7-6-12(24)4)23-18-16-14(19(26)27-11(2)3)8-20-17(16)21-10-22-18;1-9(2)23-16(22)12-7-18-14-13(12)15(20-8-19-14)21-11-5-4-10(3)17-6-11;1-2-3(4)5/h7-11,17,19,21-22,24H,12-16,18,20H2,1-6H3,(H,31,32,33);4-8,11,14-16,18H,9-10,12-13H2,1-3H3,(H2,25,26,27,28);5,8,10-13H,1,6-7,9H2,2-4H3,(H2,20,21,22,23);7-11,17H,4-6H2,1-3H3,(H2,18,19,20,21);2H,1H2/t22-,24+;16-,18+;12-,13+;10-,11+;/m0000./s1. The van der Waals surface area contributed by atoms with Crippen LogP contribution in [0, 0.1) is 0 Å². The molecule has 4 fully saturated rings. The molecule has 129 heavy (non-hydrogen) atoms. The molecule has 0 saturated carbocycles. The van der Waals surface area contributed by atoms with Gasteiger partial charge >= 0.3 is 36.1 Å². The van der Waals surface area contributed by atoms with Gasteiger partial charge in [-0.25, -0.2) is 68.6 Å². The number of nitrogens with one attached hydrogen (secondary N) is 8. The first-order valence-electron chi connectivity index (χ1n) is 43.9. The first-order valence-corrected chi connectivity index (χ1v) is 47.9. The van der Waals surface area contributed by atoms with E-state index in [9.17, 15) is 38.4 Å². The van der Waals surface area contributed by atoms with Crippen molar-refractivity contribution in [2.45, 2.75) is 253 Å². The Hall–Kier alpha value is -12.4. The fourth-order valence-corrected chi connectivity index (χ4v) is 15.7. The van der Waals surface area contributed by atoms with Gasteiger partial charge in [0.2, 0.25) is 11.1 Å². The van der Waals surface area contributed by atoms with Gasteiger partial charge in [0.25, 0.3) is 0 Å². The zero-order valence-corrected chi connectivity index (χ0v) is 78.0. The number of hydrogen-bond acceptors (Lipinski definition) is 28. The molecule has 8 aromatic heterocycles. The summed E-state index contributed by atoms with van der Waals surface area (Å²) in [6.45, 7) is 40.1. The minimum atomic E-state index is -1.24. The predicted octanol–water partition coefficient (Wildman–Crippen LogP) is 15.5. The van der Waals surface area contributed by atoms with Crippen LogP contribution in [-0.2, 0) is 62.7 Å².